The van der Waals surface area contributed by atoms with Gasteiger partial charge in [-0.25, -0.2) is 0 Å². The molecule has 0 radical (unpaired) electrons. The number of hydrogen-bond donors (Lipinski definition) is 0. The second kappa shape index (κ2) is 5.77. The van der Waals surface area contributed by atoms with E-state index in [1.165, 1.54) is 5.19 Å². The third-order valence-electron chi connectivity index (χ3n) is 2.90. The summed E-state index contributed by atoms with van der Waals surface area (Å²) in [6.07, 6.45) is 0. The zero-order valence-corrected chi connectivity index (χ0v) is 14.1. The van der Waals surface area contributed by atoms with Crippen molar-refractivity contribution in [3.63, 3.8) is 0 Å². The Morgan fingerprint density at radius 2 is 1.42 bits per heavy atom. The van der Waals surface area contributed by atoms with Crippen LogP contribution in [0.4, 0.5) is 0 Å². The van der Waals surface area contributed by atoms with Gasteiger partial charge in [0, 0.05) is 15.6 Å². The molecule has 0 amide bonds. The number of hydrogen-bond acceptors (Lipinski definition) is 0. The third kappa shape index (κ3) is 4.09. The van der Waals surface area contributed by atoms with Gasteiger partial charge in [0.1, 0.15) is 0 Å². The summed E-state index contributed by atoms with van der Waals surface area (Å²) >= 11 is 3.46. The minimum Gasteiger partial charge on any atom is -0.184 e. The highest BCUT2D eigenvalue weighted by Crippen LogP contribution is 2.11. The molecule has 2 rings (SSSR count). The van der Waals surface area contributed by atoms with Crippen molar-refractivity contribution < 1.29 is 0 Å². The Morgan fingerprint density at radius 1 is 0.842 bits per heavy atom. The van der Waals surface area contributed by atoms with Crippen molar-refractivity contribution in [1.82, 2.24) is 0 Å². The molecule has 0 bridgehead atoms. The van der Waals surface area contributed by atoms with Crippen molar-refractivity contribution in [3.8, 4) is 11.8 Å². The minimum absolute atomic E-state index is 1.03. The molecule has 0 unspecified atom stereocenters. The predicted octanol–water partition coefficient (Wildman–Crippen LogP) is 4.39. The molecule has 0 nitrogen and oxygen atoms in total. The summed E-state index contributed by atoms with van der Waals surface area (Å²) in [6, 6.07) is 16.7. The molecule has 0 spiro atoms. The fraction of sp³-hybridized carbons (Fsp3) is 0.176. The zero-order valence-electron chi connectivity index (χ0n) is 11.5. The van der Waals surface area contributed by atoms with Gasteiger partial charge in [-0.1, -0.05) is 52.0 Å². The zero-order chi connectivity index (χ0) is 13.9. The van der Waals surface area contributed by atoms with Gasteiger partial charge in [-0.2, -0.15) is 24.8 Å². The highest BCUT2D eigenvalue weighted by atomic mass is 79.9. The maximum atomic E-state index is 3.46. The van der Waals surface area contributed by atoms with Crippen LogP contribution in [-0.2, 0) is 0 Å². The van der Waals surface area contributed by atoms with Crippen LogP contribution in [-0.4, -0.2) is 8.07 Å². The van der Waals surface area contributed by atoms with Gasteiger partial charge in [-0.15, -0.1) is 8.07 Å². The first-order valence-corrected chi connectivity index (χ1v) is 10.6. The van der Waals surface area contributed by atoms with E-state index >= 15 is 0 Å². The van der Waals surface area contributed by atoms with E-state index in [1.807, 2.05) is 24.3 Å². The first-order chi connectivity index (χ1) is 8.95. The Balaban J connectivity index is 2.30. The molecule has 2 heteroatoms. The van der Waals surface area contributed by atoms with Crippen LogP contribution in [0.15, 0.2) is 53.0 Å². The van der Waals surface area contributed by atoms with Gasteiger partial charge in [0.15, 0.2) is 0 Å². The Hall–Kier alpha value is -1.30. The molecule has 19 heavy (non-hydrogen) atoms. The van der Waals surface area contributed by atoms with E-state index in [2.05, 4.69) is 71.7 Å². The maximum absolute atomic E-state index is 3.46. The van der Waals surface area contributed by atoms with E-state index in [-0.39, 0.29) is 0 Å². The lowest BCUT2D eigenvalue weighted by Gasteiger charge is -2.29. The van der Waals surface area contributed by atoms with Crippen molar-refractivity contribution >= 4 is 29.2 Å². The highest BCUT2D eigenvalue weighted by Gasteiger charge is 2.03. The van der Waals surface area contributed by atoms with Crippen LogP contribution in [0.2, 0.25) is 19.6 Å². The molecule has 0 heterocycles. The largest absolute Gasteiger partial charge is 0.184 e. The number of halogens is 1. The summed E-state index contributed by atoms with van der Waals surface area (Å²) in [6.45, 7) is 7.07. The van der Waals surface area contributed by atoms with Crippen molar-refractivity contribution in [3.05, 3.63) is 64.1 Å². The molecule has 0 atom stereocenters. The summed E-state index contributed by atoms with van der Waals surface area (Å²) < 4.78 is 1.06. The molecular weight excluding hydrogens is 312 g/mol. The minimum atomic E-state index is -1.26. The predicted molar refractivity (Wildman–Crippen MR) is 89.5 cm³/mol. The molecule has 97 valence electrons. The average molecular weight is 329 g/mol. The van der Waals surface area contributed by atoms with Crippen LogP contribution in [0.3, 0.4) is 0 Å². The standard InChI is InChI=1S/C17H17BrSi/c1-19(2,3)17-9-5-7-15(13-17)11-10-14-6-4-8-16(18)12-14/h4-9,12-13H,1-3H3/q-1. The topological polar surface area (TPSA) is 0 Å². The molecule has 0 aromatic heterocycles. The van der Waals surface area contributed by atoms with E-state index in [0.29, 0.717) is 0 Å². The Kier molecular flexibility index (Phi) is 4.29. The van der Waals surface area contributed by atoms with Crippen LogP contribution >= 0.6 is 15.9 Å². The van der Waals surface area contributed by atoms with Crippen LogP contribution in [0.25, 0.3) is 0 Å². The Labute approximate surface area is 125 Å². The van der Waals surface area contributed by atoms with Crippen LogP contribution in [0.1, 0.15) is 11.1 Å². The van der Waals surface area contributed by atoms with Crippen molar-refractivity contribution in [2.75, 3.05) is 0 Å². The second-order valence-electron chi connectivity index (χ2n) is 5.59. The lowest BCUT2D eigenvalue weighted by Crippen LogP contribution is -2.37. The summed E-state index contributed by atoms with van der Waals surface area (Å²) in [5, 5.41) is 1.45. The molecule has 0 saturated carbocycles. The molecule has 2 aromatic rings. The lowest BCUT2D eigenvalue weighted by atomic mass is 10.2. The van der Waals surface area contributed by atoms with Crippen LogP contribution in [0, 0.1) is 11.8 Å². The van der Waals surface area contributed by atoms with Gasteiger partial charge in [0.05, 0.1) is 0 Å². The van der Waals surface area contributed by atoms with Gasteiger partial charge >= 0.3 is 0 Å². The summed E-state index contributed by atoms with van der Waals surface area (Å²) in [5.41, 5.74) is 2.13. The Bertz CT molecular complexity index is 642. The smallest absolute Gasteiger partial charge is 0.0260 e. The molecule has 0 fully saturated rings. The maximum Gasteiger partial charge on any atom is 0.0260 e. The molecule has 2 aromatic carbocycles. The van der Waals surface area contributed by atoms with Crippen LogP contribution < -0.4 is 5.19 Å². The van der Waals surface area contributed by atoms with Gasteiger partial charge in [0.2, 0.25) is 0 Å². The fourth-order valence-electron chi connectivity index (χ4n) is 1.77. The van der Waals surface area contributed by atoms with Crippen molar-refractivity contribution in [2.24, 2.45) is 0 Å². The van der Waals surface area contributed by atoms with Crippen LogP contribution in [0.5, 0.6) is 0 Å². The quantitative estimate of drug-likeness (QED) is 0.537. The van der Waals surface area contributed by atoms with Gasteiger partial charge in [-0.05, 0) is 24.3 Å². The molecular formula is C17H17BrSi-. The molecule has 0 aliphatic carbocycles. The molecule has 0 aliphatic rings. The SMILES string of the molecule is C[Si-](C)(C)c1cccc(C#Cc2cccc(Br)c2)c1. The van der Waals surface area contributed by atoms with E-state index < -0.39 is 8.07 Å². The monoisotopic (exact) mass is 328 g/mol. The van der Waals surface area contributed by atoms with Gasteiger partial charge in [0.25, 0.3) is 0 Å². The van der Waals surface area contributed by atoms with E-state index in [9.17, 15) is 0 Å². The lowest BCUT2D eigenvalue weighted by molar-refractivity contribution is 1.59. The summed E-state index contributed by atoms with van der Waals surface area (Å²) in [7, 11) is -1.26. The normalized spacial score (nSPS) is 10.7. The first kappa shape index (κ1) is 14.1. The van der Waals surface area contributed by atoms with Crippen molar-refractivity contribution in [2.45, 2.75) is 19.6 Å². The molecule has 0 N–H and O–H groups in total. The summed E-state index contributed by atoms with van der Waals surface area (Å²) in [4.78, 5) is 0. The average Bonchev–Trinajstić information content (AvgIpc) is 2.36. The molecule has 0 aliphatic heterocycles. The third-order valence-corrected chi connectivity index (χ3v) is 5.44. The van der Waals surface area contributed by atoms with Crippen molar-refractivity contribution in [1.29, 1.82) is 0 Å². The number of benzene rings is 2. The van der Waals surface area contributed by atoms with Gasteiger partial charge < -0.3 is 0 Å². The van der Waals surface area contributed by atoms with E-state index in [0.717, 1.165) is 15.6 Å². The second-order valence-corrected chi connectivity index (χ2v) is 11.6. The fourth-order valence-corrected chi connectivity index (χ4v) is 3.36. The number of rotatable bonds is 1. The van der Waals surface area contributed by atoms with Gasteiger partial charge in [-0.3, -0.25) is 0 Å². The Morgan fingerprint density at radius 3 is 2.00 bits per heavy atom. The molecule has 0 saturated heterocycles. The van der Waals surface area contributed by atoms with E-state index in [4.69, 9.17) is 0 Å². The highest BCUT2D eigenvalue weighted by molar-refractivity contribution is 9.10. The first-order valence-electron chi connectivity index (χ1n) is 6.33. The summed E-state index contributed by atoms with van der Waals surface area (Å²) in [5.74, 6) is 6.47. The van der Waals surface area contributed by atoms with E-state index in [1.54, 1.807) is 0 Å².